The molecule has 13 nitrogen and oxygen atoms in total. The molecule has 0 bridgehead atoms. The predicted molar refractivity (Wildman–Crippen MR) is 168 cm³/mol. The molecule has 238 valence electrons. The van der Waals surface area contributed by atoms with E-state index in [-0.39, 0.29) is 23.8 Å². The van der Waals surface area contributed by atoms with E-state index in [4.69, 9.17) is 9.47 Å². The second kappa shape index (κ2) is 12.3. The zero-order valence-electron chi connectivity index (χ0n) is 25.8. The van der Waals surface area contributed by atoms with Gasteiger partial charge in [0, 0.05) is 45.4 Å². The molecule has 4 heterocycles. The summed E-state index contributed by atoms with van der Waals surface area (Å²) in [6.07, 6.45) is 1.50. The Morgan fingerprint density at radius 1 is 1.04 bits per heavy atom. The smallest absolute Gasteiger partial charge is 0.410 e. The number of nitrogens with one attached hydrogen (secondary N) is 3. The highest BCUT2D eigenvalue weighted by molar-refractivity contribution is 7.17. The Morgan fingerprint density at radius 3 is 2.53 bits per heavy atom. The Balaban J connectivity index is 1.14. The van der Waals surface area contributed by atoms with E-state index in [1.54, 1.807) is 41.2 Å². The number of fused-ring (bicyclic) bond motifs is 3. The number of aromatic amines is 1. The van der Waals surface area contributed by atoms with Crippen LogP contribution >= 0.6 is 11.3 Å². The maximum absolute atomic E-state index is 13.8. The van der Waals surface area contributed by atoms with E-state index < -0.39 is 11.6 Å². The van der Waals surface area contributed by atoms with E-state index in [2.05, 4.69) is 20.9 Å². The van der Waals surface area contributed by atoms with Crippen molar-refractivity contribution >= 4 is 40.8 Å². The van der Waals surface area contributed by atoms with Crippen LogP contribution in [-0.4, -0.2) is 107 Å². The molecule has 2 aliphatic heterocycles. The third-order valence-electron chi connectivity index (χ3n) is 8.05. The lowest BCUT2D eigenvalue weighted by atomic mass is 10.1. The van der Waals surface area contributed by atoms with Crippen molar-refractivity contribution in [2.24, 2.45) is 0 Å². The van der Waals surface area contributed by atoms with Gasteiger partial charge in [-0.1, -0.05) is 12.1 Å². The third kappa shape index (κ3) is 6.17. The summed E-state index contributed by atoms with van der Waals surface area (Å²) >= 11 is 1.28. The van der Waals surface area contributed by atoms with Gasteiger partial charge in [0.2, 0.25) is 0 Å². The highest BCUT2D eigenvalue weighted by Gasteiger charge is 2.36. The van der Waals surface area contributed by atoms with Crippen LogP contribution in [0.2, 0.25) is 0 Å². The number of carbonyl (C=O) groups is 4. The molecule has 0 radical (unpaired) electrons. The van der Waals surface area contributed by atoms with Gasteiger partial charge in [0.15, 0.2) is 5.78 Å². The standard InChI is InChI=1S/C31H37N7O6S/c1-31(2,3)44-30(42)37-15-13-36(14-16-37)28(40)22-11-10-21(45-22)26-24-25(33-34-26)19-8-5-9-20(23(19)27(24)39)32-29(41)35-38-12-6-7-18(38)17-43-4/h5,8-11,18H,6-7,12-17H2,1-4H3,(H,33,34)(H2,32,35,41)/t18-/m1/s1. The average Bonchev–Trinajstić information content (AvgIpc) is 3.79. The van der Waals surface area contributed by atoms with Gasteiger partial charge in [-0.15, -0.1) is 11.3 Å². The van der Waals surface area contributed by atoms with E-state index in [0.717, 1.165) is 19.4 Å². The fraction of sp³-hybridized carbons (Fsp3) is 0.452. The largest absolute Gasteiger partial charge is 0.444 e. The molecule has 1 atom stereocenters. The van der Waals surface area contributed by atoms with Crippen LogP contribution in [0.1, 0.15) is 59.2 Å². The van der Waals surface area contributed by atoms with E-state index in [1.165, 1.54) is 11.3 Å². The van der Waals surface area contributed by atoms with Crippen LogP contribution in [0.4, 0.5) is 15.3 Å². The molecule has 2 aromatic heterocycles. The second-order valence-corrected chi connectivity index (χ2v) is 13.4. The normalized spacial score (nSPS) is 18.1. The first-order valence-corrected chi connectivity index (χ1v) is 15.8. The van der Waals surface area contributed by atoms with Crippen molar-refractivity contribution in [3.05, 3.63) is 46.3 Å². The highest BCUT2D eigenvalue weighted by Crippen LogP contribution is 2.44. The zero-order chi connectivity index (χ0) is 31.9. The first-order chi connectivity index (χ1) is 21.5. The predicted octanol–water partition coefficient (Wildman–Crippen LogP) is 4.19. The van der Waals surface area contributed by atoms with Crippen molar-refractivity contribution in [3.63, 3.8) is 0 Å². The van der Waals surface area contributed by atoms with Gasteiger partial charge in [0.1, 0.15) is 11.3 Å². The van der Waals surface area contributed by atoms with Crippen molar-refractivity contribution in [2.45, 2.75) is 45.3 Å². The zero-order valence-corrected chi connectivity index (χ0v) is 26.6. The summed E-state index contributed by atoms with van der Waals surface area (Å²) in [6.45, 7) is 8.28. The number of hydrogen-bond donors (Lipinski definition) is 3. The average molecular weight is 636 g/mol. The minimum atomic E-state index is -0.582. The number of hydrogen-bond acceptors (Lipinski definition) is 9. The number of carbonyl (C=O) groups excluding carboxylic acids is 4. The number of aromatic nitrogens is 2. The molecule has 0 unspecified atom stereocenters. The molecule has 2 fully saturated rings. The number of thiophene rings is 1. The Hall–Kier alpha value is -4.27. The number of ketones is 1. The molecule has 3 aromatic rings. The summed E-state index contributed by atoms with van der Waals surface area (Å²) in [7, 11) is 1.64. The van der Waals surface area contributed by atoms with Crippen LogP contribution < -0.4 is 10.7 Å². The van der Waals surface area contributed by atoms with Crippen molar-refractivity contribution < 1.29 is 28.7 Å². The van der Waals surface area contributed by atoms with Gasteiger partial charge in [-0.2, -0.15) is 5.10 Å². The Morgan fingerprint density at radius 2 is 1.80 bits per heavy atom. The number of anilines is 1. The fourth-order valence-electron chi connectivity index (χ4n) is 5.95. The van der Waals surface area contributed by atoms with Crippen LogP contribution in [0.15, 0.2) is 30.3 Å². The molecule has 45 heavy (non-hydrogen) atoms. The fourth-order valence-corrected chi connectivity index (χ4v) is 6.93. The number of ether oxygens (including phenoxy) is 2. The van der Waals surface area contributed by atoms with Gasteiger partial charge in [0.05, 0.1) is 44.9 Å². The molecule has 0 spiro atoms. The first kappa shape index (κ1) is 30.7. The molecule has 4 amide bonds. The number of H-pyrrole nitrogens is 1. The SMILES string of the molecule is COC[C@H]1CCCN1NC(=O)Nc1cccc2c1C(=O)c1c-2n[nH]c1-c1ccc(C(=O)N2CCN(C(=O)OC(C)(C)C)CC2)s1. The lowest BCUT2D eigenvalue weighted by molar-refractivity contribution is 0.0141. The van der Waals surface area contributed by atoms with Crippen molar-refractivity contribution in [1.29, 1.82) is 0 Å². The lowest BCUT2D eigenvalue weighted by Gasteiger charge is -2.35. The van der Waals surface area contributed by atoms with Gasteiger partial charge in [0.25, 0.3) is 5.91 Å². The van der Waals surface area contributed by atoms with Gasteiger partial charge >= 0.3 is 12.1 Å². The van der Waals surface area contributed by atoms with Gasteiger partial charge in [-0.25, -0.2) is 14.6 Å². The van der Waals surface area contributed by atoms with E-state index >= 15 is 0 Å². The van der Waals surface area contributed by atoms with Crippen LogP contribution in [0.3, 0.4) is 0 Å². The molecule has 6 rings (SSSR count). The molecule has 3 aliphatic rings. The number of methoxy groups -OCH3 is 1. The van der Waals surface area contributed by atoms with E-state index in [0.29, 0.717) is 76.3 Å². The molecular weight excluding hydrogens is 598 g/mol. The van der Waals surface area contributed by atoms with Crippen molar-refractivity contribution in [1.82, 2.24) is 30.4 Å². The molecule has 1 aromatic carbocycles. The summed E-state index contributed by atoms with van der Waals surface area (Å²) < 4.78 is 10.7. The number of hydrazine groups is 1. The molecule has 0 saturated carbocycles. The summed E-state index contributed by atoms with van der Waals surface area (Å²) in [6, 6.07) is 8.50. The van der Waals surface area contributed by atoms with Gasteiger partial charge < -0.3 is 24.6 Å². The quantitative estimate of drug-likeness (QED) is 0.286. The molecule has 3 N–H and O–H groups in total. The molecule has 2 saturated heterocycles. The lowest BCUT2D eigenvalue weighted by Crippen LogP contribution is -2.51. The van der Waals surface area contributed by atoms with Gasteiger partial charge in [-0.3, -0.25) is 20.1 Å². The minimum Gasteiger partial charge on any atom is -0.444 e. The van der Waals surface area contributed by atoms with Crippen LogP contribution in [0, 0.1) is 0 Å². The number of rotatable bonds is 6. The summed E-state index contributed by atoms with van der Waals surface area (Å²) in [5.74, 6) is -0.387. The van der Waals surface area contributed by atoms with Gasteiger partial charge in [-0.05, 0) is 51.8 Å². The maximum Gasteiger partial charge on any atom is 0.410 e. The summed E-state index contributed by atoms with van der Waals surface area (Å²) in [5, 5.41) is 12.2. The van der Waals surface area contributed by atoms with E-state index in [1.807, 2.05) is 31.8 Å². The highest BCUT2D eigenvalue weighted by atomic mass is 32.1. The Labute approximate surface area is 264 Å². The third-order valence-corrected chi connectivity index (χ3v) is 9.14. The van der Waals surface area contributed by atoms with Crippen molar-refractivity contribution in [3.8, 4) is 21.8 Å². The molecule has 14 heteroatoms. The molecular formula is C31H37N7O6S. The minimum absolute atomic E-state index is 0.0979. The number of urea groups is 1. The first-order valence-electron chi connectivity index (χ1n) is 15.0. The van der Waals surface area contributed by atoms with Crippen LogP contribution in [0.5, 0.6) is 0 Å². The molecule has 1 aliphatic carbocycles. The second-order valence-electron chi connectivity index (χ2n) is 12.3. The summed E-state index contributed by atoms with van der Waals surface area (Å²) in [5.41, 5.74) is 5.16. The maximum atomic E-state index is 13.8. The number of nitrogens with zero attached hydrogens (tertiary/aromatic N) is 4. The van der Waals surface area contributed by atoms with Crippen molar-refractivity contribution in [2.75, 3.05) is 51.8 Å². The number of piperazine rings is 1. The number of benzene rings is 1. The van der Waals surface area contributed by atoms with Crippen LogP contribution in [-0.2, 0) is 9.47 Å². The Bertz CT molecular complexity index is 1630. The topological polar surface area (TPSA) is 149 Å². The summed E-state index contributed by atoms with van der Waals surface area (Å²) in [4.78, 5) is 57.1. The van der Waals surface area contributed by atoms with Crippen LogP contribution in [0.25, 0.3) is 21.8 Å². The van der Waals surface area contributed by atoms with E-state index in [9.17, 15) is 19.2 Å². The Kier molecular flexibility index (Phi) is 8.37. The monoisotopic (exact) mass is 635 g/mol. The number of amides is 4.